The van der Waals surface area contributed by atoms with Crippen molar-refractivity contribution in [3.63, 3.8) is 0 Å². The first-order chi connectivity index (χ1) is 11.1. The molecule has 23 heavy (non-hydrogen) atoms. The molecule has 1 amide bonds. The predicted molar refractivity (Wildman–Crippen MR) is 87.7 cm³/mol. The van der Waals surface area contributed by atoms with Gasteiger partial charge in [0.25, 0.3) is 5.91 Å². The van der Waals surface area contributed by atoms with E-state index in [0.717, 1.165) is 10.9 Å². The number of carbonyl (C=O) groups is 1. The van der Waals surface area contributed by atoms with Crippen LogP contribution in [0.5, 0.6) is 5.75 Å². The van der Waals surface area contributed by atoms with Crippen LogP contribution in [0.3, 0.4) is 0 Å². The molecule has 0 aliphatic rings. The average Bonchev–Trinajstić information content (AvgIpc) is 2.58. The second-order valence-corrected chi connectivity index (χ2v) is 4.86. The van der Waals surface area contributed by atoms with Gasteiger partial charge in [-0.2, -0.15) is 5.10 Å². The number of hydrogen-bond acceptors (Lipinski definition) is 4. The van der Waals surface area contributed by atoms with Crippen molar-refractivity contribution in [1.82, 2.24) is 10.4 Å². The summed E-state index contributed by atoms with van der Waals surface area (Å²) in [5.74, 6) is -0.240. The Balaban J connectivity index is 1.81. The Morgan fingerprint density at radius 1 is 1.09 bits per heavy atom. The number of fused-ring (bicyclic) bond motifs is 1. The van der Waals surface area contributed by atoms with Crippen LogP contribution in [0.2, 0.25) is 0 Å². The molecule has 0 atom stereocenters. The number of H-pyrrole nitrogens is 1. The standard InChI is InChI=1S/C17H13N3O3/c21-15-7-5-11(13-3-1-2-4-14(13)15)10-19-20-17(23)12-6-8-16(22)18-9-12/h1-10,21H,(H,18,22)(H,20,23)/b19-10+. The van der Waals surface area contributed by atoms with Gasteiger partial charge >= 0.3 is 0 Å². The fourth-order valence-corrected chi connectivity index (χ4v) is 2.20. The fraction of sp³-hybridized carbons (Fsp3) is 0. The molecular formula is C17H13N3O3. The third-order valence-corrected chi connectivity index (χ3v) is 3.35. The highest BCUT2D eigenvalue weighted by Gasteiger charge is 2.05. The molecule has 0 radical (unpaired) electrons. The molecular weight excluding hydrogens is 294 g/mol. The first-order valence-corrected chi connectivity index (χ1v) is 6.88. The van der Waals surface area contributed by atoms with E-state index in [2.05, 4.69) is 15.5 Å². The van der Waals surface area contributed by atoms with E-state index >= 15 is 0 Å². The second-order valence-electron chi connectivity index (χ2n) is 4.86. The highest BCUT2D eigenvalue weighted by Crippen LogP contribution is 2.26. The summed E-state index contributed by atoms with van der Waals surface area (Å²) in [7, 11) is 0. The summed E-state index contributed by atoms with van der Waals surface area (Å²) in [6.07, 6.45) is 2.83. The van der Waals surface area contributed by atoms with Gasteiger partial charge in [-0.1, -0.05) is 24.3 Å². The SMILES string of the molecule is O=C(N/N=C/c1ccc(O)c2ccccc12)c1ccc(=O)[nH]c1. The van der Waals surface area contributed by atoms with Gasteiger partial charge in [-0.3, -0.25) is 9.59 Å². The number of amides is 1. The van der Waals surface area contributed by atoms with Gasteiger partial charge < -0.3 is 10.1 Å². The van der Waals surface area contributed by atoms with Crippen molar-refractivity contribution in [3.8, 4) is 5.75 Å². The van der Waals surface area contributed by atoms with Crippen molar-refractivity contribution in [2.75, 3.05) is 0 Å². The van der Waals surface area contributed by atoms with Crippen molar-refractivity contribution in [2.24, 2.45) is 5.10 Å². The predicted octanol–water partition coefficient (Wildman–Crippen LogP) is 2.00. The number of phenols is 1. The van der Waals surface area contributed by atoms with E-state index in [1.165, 1.54) is 24.5 Å². The van der Waals surface area contributed by atoms with Crippen LogP contribution in [-0.4, -0.2) is 22.2 Å². The maximum atomic E-state index is 11.9. The normalized spacial score (nSPS) is 11.0. The molecule has 0 bridgehead atoms. The number of hydrogen-bond donors (Lipinski definition) is 3. The molecule has 0 spiro atoms. The zero-order valence-corrected chi connectivity index (χ0v) is 12.0. The van der Waals surface area contributed by atoms with Gasteiger partial charge in [0.05, 0.1) is 11.8 Å². The van der Waals surface area contributed by atoms with E-state index in [0.29, 0.717) is 10.9 Å². The third-order valence-electron chi connectivity index (χ3n) is 3.35. The molecule has 114 valence electrons. The smallest absolute Gasteiger partial charge is 0.272 e. The topological polar surface area (TPSA) is 94.5 Å². The Morgan fingerprint density at radius 2 is 1.87 bits per heavy atom. The summed E-state index contributed by atoms with van der Waals surface area (Å²) < 4.78 is 0. The number of aromatic nitrogens is 1. The number of hydrazone groups is 1. The summed E-state index contributed by atoms with van der Waals surface area (Å²) in [4.78, 5) is 25.3. The molecule has 0 fully saturated rings. The molecule has 3 rings (SSSR count). The molecule has 0 unspecified atom stereocenters. The number of carbonyl (C=O) groups excluding carboxylic acids is 1. The maximum absolute atomic E-state index is 11.9. The van der Waals surface area contributed by atoms with Crippen LogP contribution in [-0.2, 0) is 0 Å². The molecule has 3 aromatic rings. The van der Waals surface area contributed by atoms with Gasteiger partial charge in [-0.25, -0.2) is 5.43 Å². The molecule has 1 aromatic heterocycles. The Hall–Kier alpha value is -3.41. The Bertz CT molecular complexity index is 940. The number of nitrogens with zero attached hydrogens (tertiary/aromatic N) is 1. The first-order valence-electron chi connectivity index (χ1n) is 6.88. The lowest BCUT2D eigenvalue weighted by atomic mass is 10.0. The van der Waals surface area contributed by atoms with Gasteiger partial charge in [0.15, 0.2) is 0 Å². The minimum atomic E-state index is -0.430. The summed E-state index contributed by atoms with van der Waals surface area (Å²) in [6, 6.07) is 13.3. The fourth-order valence-electron chi connectivity index (χ4n) is 2.20. The second kappa shape index (κ2) is 6.15. The van der Waals surface area contributed by atoms with Crippen molar-refractivity contribution < 1.29 is 9.90 Å². The van der Waals surface area contributed by atoms with E-state index in [9.17, 15) is 14.7 Å². The zero-order valence-electron chi connectivity index (χ0n) is 12.0. The van der Waals surface area contributed by atoms with Crippen LogP contribution < -0.4 is 11.0 Å². The minimum absolute atomic E-state index is 0.190. The molecule has 0 saturated carbocycles. The molecule has 0 aliphatic heterocycles. The van der Waals surface area contributed by atoms with Gasteiger partial charge in [-0.15, -0.1) is 0 Å². The summed E-state index contributed by atoms with van der Waals surface area (Å²) >= 11 is 0. The summed E-state index contributed by atoms with van der Waals surface area (Å²) in [5.41, 5.74) is 3.18. The number of aromatic hydroxyl groups is 1. The van der Waals surface area contributed by atoms with Gasteiger partial charge in [0.2, 0.25) is 5.56 Å². The van der Waals surface area contributed by atoms with Gasteiger partial charge in [0.1, 0.15) is 5.75 Å². The number of aromatic amines is 1. The Morgan fingerprint density at radius 3 is 2.61 bits per heavy atom. The molecule has 6 nitrogen and oxygen atoms in total. The maximum Gasteiger partial charge on any atom is 0.272 e. The van der Waals surface area contributed by atoms with Gasteiger partial charge in [-0.05, 0) is 23.6 Å². The lowest BCUT2D eigenvalue weighted by molar-refractivity contribution is 0.0954. The minimum Gasteiger partial charge on any atom is -0.507 e. The molecule has 6 heteroatoms. The third kappa shape index (κ3) is 3.11. The van der Waals surface area contributed by atoms with E-state index in [1.807, 2.05) is 18.2 Å². The van der Waals surface area contributed by atoms with Crippen LogP contribution in [0.1, 0.15) is 15.9 Å². The van der Waals surface area contributed by atoms with Crippen LogP contribution in [0.4, 0.5) is 0 Å². The van der Waals surface area contributed by atoms with Gasteiger partial charge in [0, 0.05) is 23.2 Å². The average molecular weight is 307 g/mol. The largest absolute Gasteiger partial charge is 0.507 e. The van der Waals surface area contributed by atoms with E-state index in [4.69, 9.17) is 0 Å². The lowest BCUT2D eigenvalue weighted by Crippen LogP contribution is -2.19. The quantitative estimate of drug-likeness (QED) is 0.510. The molecule has 0 saturated heterocycles. The molecule has 1 heterocycles. The number of phenolic OH excluding ortho intramolecular Hbond substituents is 1. The zero-order chi connectivity index (χ0) is 16.2. The van der Waals surface area contributed by atoms with Crippen LogP contribution in [0, 0.1) is 0 Å². The number of rotatable bonds is 3. The Labute approximate surface area is 131 Å². The van der Waals surface area contributed by atoms with Crippen molar-refractivity contribution in [2.45, 2.75) is 0 Å². The number of pyridine rings is 1. The van der Waals surface area contributed by atoms with Crippen LogP contribution in [0.25, 0.3) is 10.8 Å². The molecule has 0 aliphatic carbocycles. The summed E-state index contributed by atoms with van der Waals surface area (Å²) in [5, 5.41) is 15.3. The van der Waals surface area contributed by atoms with Crippen LogP contribution >= 0.6 is 0 Å². The van der Waals surface area contributed by atoms with Crippen molar-refractivity contribution in [1.29, 1.82) is 0 Å². The Kier molecular flexibility index (Phi) is 3.88. The molecule has 2 aromatic carbocycles. The van der Waals surface area contributed by atoms with Crippen LogP contribution in [0.15, 0.2) is 64.6 Å². The van der Waals surface area contributed by atoms with E-state index in [1.54, 1.807) is 18.2 Å². The molecule has 3 N–H and O–H groups in total. The first kappa shape index (κ1) is 14.5. The van der Waals surface area contributed by atoms with Crippen molar-refractivity contribution in [3.05, 3.63) is 76.2 Å². The number of benzene rings is 2. The van der Waals surface area contributed by atoms with Crippen molar-refractivity contribution >= 4 is 22.9 Å². The number of nitrogens with one attached hydrogen (secondary N) is 2. The van der Waals surface area contributed by atoms with E-state index < -0.39 is 5.91 Å². The lowest BCUT2D eigenvalue weighted by Gasteiger charge is -2.04. The highest BCUT2D eigenvalue weighted by molar-refractivity contribution is 6.02. The monoisotopic (exact) mass is 307 g/mol. The highest BCUT2D eigenvalue weighted by atomic mass is 16.3. The van der Waals surface area contributed by atoms with E-state index in [-0.39, 0.29) is 11.3 Å². The summed E-state index contributed by atoms with van der Waals surface area (Å²) in [6.45, 7) is 0.